The van der Waals surface area contributed by atoms with Crippen LogP contribution in [0.15, 0.2) is 0 Å². The molecule has 0 aliphatic carbocycles. The van der Waals surface area contributed by atoms with Gasteiger partial charge in [0, 0.05) is 12.2 Å². The molecule has 0 heterocycles. The topological polar surface area (TPSA) is 257 Å². The van der Waals surface area contributed by atoms with Crippen molar-refractivity contribution < 1.29 is 39.0 Å². The van der Waals surface area contributed by atoms with Crippen LogP contribution in [0.5, 0.6) is 0 Å². The number of carbonyl (C=O) groups is 6. The molecule has 0 saturated carbocycles. The van der Waals surface area contributed by atoms with Crippen molar-refractivity contribution in [3.63, 3.8) is 0 Å². The lowest BCUT2D eigenvalue weighted by atomic mass is 10.1. The van der Waals surface area contributed by atoms with Gasteiger partial charge in [0.05, 0.1) is 12.5 Å². The molecule has 0 aromatic rings. The highest BCUT2D eigenvalue weighted by Gasteiger charge is 2.31. The number of primary amides is 1. The third kappa shape index (κ3) is 12.6. The molecule has 0 aliphatic heterocycles. The first kappa shape index (κ1) is 30.1. The quantitative estimate of drug-likeness (QED) is 0.0719. The molecule has 15 heteroatoms. The van der Waals surface area contributed by atoms with E-state index in [-0.39, 0.29) is 18.6 Å². The van der Waals surface area contributed by atoms with E-state index in [2.05, 4.69) is 28.6 Å². The van der Waals surface area contributed by atoms with E-state index < -0.39 is 66.2 Å². The van der Waals surface area contributed by atoms with Gasteiger partial charge in [-0.05, 0) is 25.8 Å². The van der Waals surface area contributed by atoms with Gasteiger partial charge in [0.2, 0.25) is 23.6 Å². The third-order valence-corrected chi connectivity index (χ3v) is 4.79. The Balaban J connectivity index is 5.21. The van der Waals surface area contributed by atoms with Crippen LogP contribution in [0.3, 0.4) is 0 Å². The van der Waals surface area contributed by atoms with Gasteiger partial charge in [-0.2, -0.15) is 12.6 Å². The molecule has 0 aliphatic rings. The summed E-state index contributed by atoms with van der Waals surface area (Å²) >= 11 is 3.99. The fraction of sp³-hybridized carbons (Fsp3) is 0.667. The summed E-state index contributed by atoms with van der Waals surface area (Å²) < 4.78 is 0. The van der Waals surface area contributed by atoms with Crippen molar-refractivity contribution in [2.24, 2.45) is 17.2 Å². The van der Waals surface area contributed by atoms with Gasteiger partial charge < -0.3 is 43.4 Å². The number of carboxylic acids is 2. The van der Waals surface area contributed by atoms with Crippen molar-refractivity contribution in [3.8, 4) is 0 Å². The molecule has 14 nitrogen and oxygen atoms in total. The van der Waals surface area contributed by atoms with Crippen LogP contribution in [-0.2, 0) is 28.8 Å². The molecule has 0 bridgehead atoms. The third-order valence-electron chi connectivity index (χ3n) is 4.43. The second-order valence-electron chi connectivity index (χ2n) is 7.20. The van der Waals surface area contributed by atoms with Gasteiger partial charge >= 0.3 is 11.9 Å². The Kier molecular flexibility index (Phi) is 14.4. The summed E-state index contributed by atoms with van der Waals surface area (Å²) in [4.78, 5) is 70.5. The highest BCUT2D eigenvalue weighted by atomic mass is 32.1. The minimum atomic E-state index is -1.66. The molecule has 11 N–H and O–H groups in total. The summed E-state index contributed by atoms with van der Waals surface area (Å²) in [7, 11) is 0. The molecule has 0 fully saturated rings. The Morgan fingerprint density at radius 3 is 1.85 bits per heavy atom. The summed E-state index contributed by atoms with van der Waals surface area (Å²) in [5.41, 5.74) is 16.1. The molecule has 0 radical (unpaired) electrons. The van der Waals surface area contributed by atoms with Crippen LogP contribution in [0.4, 0.5) is 0 Å². The molecule has 4 atom stereocenters. The Morgan fingerprint density at radius 2 is 1.36 bits per heavy atom. The lowest BCUT2D eigenvalue weighted by molar-refractivity contribution is -0.143. The van der Waals surface area contributed by atoms with Gasteiger partial charge in [0.1, 0.15) is 18.1 Å². The van der Waals surface area contributed by atoms with Crippen LogP contribution in [0, 0.1) is 0 Å². The molecular formula is C18H32N6O8S. The molecule has 188 valence electrons. The van der Waals surface area contributed by atoms with Crippen molar-refractivity contribution in [2.45, 2.75) is 62.7 Å². The predicted molar refractivity (Wildman–Crippen MR) is 119 cm³/mol. The van der Waals surface area contributed by atoms with E-state index in [0.29, 0.717) is 25.8 Å². The van der Waals surface area contributed by atoms with Gasteiger partial charge in [-0.15, -0.1) is 0 Å². The fourth-order valence-corrected chi connectivity index (χ4v) is 2.84. The molecule has 0 aromatic carbocycles. The minimum absolute atomic E-state index is 0.190. The zero-order valence-electron chi connectivity index (χ0n) is 18.0. The number of carbonyl (C=O) groups excluding carboxylic acids is 4. The Bertz CT molecular complexity index is 722. The number of nitrogens with two attached hydrogens (primary N) is 3. The summed E-state index contributed by atoms with van der Waals surface area (Å²) in [6.45, 7) is 0.439. The second-order valence-corrected chi connectivity index (χ2v) is 7.56. The number of rotatable bonds is 17. The zero-order valence-corrected chi connectivity index (χ0v) is 18.9. The molecule has 0 rings (SSSR count). The normalized spacial score (nSPS) is 14.3. The maximum Gasteiger partial charge on any atom is 0.326 e. The lowest BCUT2D eigenvalue weighted by Gasteiger charge is -2.23. The smallest absolute Gasteiger partial charge is 0.326 e. The van der Waals surface area contributed by atoms with E-state index in [0.717, 1.165) is 0 Å². The Morgan fingerprint density at radius 1 is 0.818 bits per heavy atom. The van der Waals surface area contributed by atoms with Crippen LogP contribution in [0.2, 0.25) is 0 Å². The number of nitrogens with one attached hydrogen (secondary N) is 3. The molecule has 0 spiro atoms. The monoisotopic (exact) mass is 492 g/mol. The van der Waals surface area contributed by atoms with E-state index >= 15 is 0 Å². The van der Waals surface area contributed by atoms with E-state index in [1.165, 1.54) is 0 Å². The molecule has 0 aromatic heterocycles. The van der Waals surface area contributed by atoms with Gasteiger partial charge in [0.25, 0.3) is 0 Å². The highest BCUT2D eigenvalue weighted by Crippen LogP contribution is 2.03. The number of aliphatic carboxylic acids is 2. The first-order valence-corrected chi connectivity index (χ1v) is 10.8. The number of hydrogen-bond donors (Lipinski definition) is 9. The average molecular weight is 493 g/mol. The summed E-state index contributed by atoms with van der Waals surface area (Å²) in [5.74, 6) is -6.58. The van der Waals surface area contributed by atoms with E-state index in [1.54, 1.807) is 0 Å². The fourth-order valence-electron chi connectivity index (χ4n) is 2.59. The van der Waals surface area contributed by atoms with E-state index in [1.807, 2.05) is 0 Å². The van der Waals surface area contributed by atoms with Gasteiger partial charge in [0.15, 0.2) is 0 Å². The molecular weight excluding hydrogens is 460 g/mol. The Hall–Kier alpha value is -2.91. The first-order valence-electron chi connectivity index (χ1n) is 10.1. The maximum atomic E-state index is 12.5. The maximum absolute atomic E-state index is 12.5. The minimum Gasteiger partial charge on any atom is -0.481 e. The largest absolute Gasteiger partial charge is 0.481 e. The zero-order chi connectivity index (χ0) is 25.6. The predicted octanol–water partition coefficient (Wildman–Crippen LogP) is -3.35. The standard InChI is InChI=1S/C18H32N6O8S/c19-6-2-1-3-9(20)15(28)24-12(8-33)17(30)23-11(7-14(26)27)16(29)22-10(18(31)32)4-5-13(21)25/h9-12,33H,1-8,19-20H2,(H2,21,25)(H,22,29)(H,23,30)(H,24,28)(H,26,27)(H,31,32). The molecule has 4 unspecified atom stereocenters. The number of hydrogen-bond acceptors (Lipinski definition) is 9. The molecule has 4 amide bonds. The number of thiol groups is 1. The summed E-state index contributed by atoms with van der Waals surface area (Å²) in [5, 5.41) is 24.9. The van der Waals surface area contributed by atoms with Crippen molar-refractivity contribution in [1.29, 1.82) is 0 Å². The first-order chi connectivity index (χ1) is 15.4. The van der Waals surface area contributed by atoms with Crippen molar-refractivity contribution in [2.75, 3.05) is 12.3 Å². The Labute approximate surface area is 195 Å². The van der Waals surface area contributed by atoms with Crippen LogP contribution >= 0.6 is 12.6 Å². The number of carboxylic acid groups (broad SMARTS) is 2. The van der Waals surface area contributed by atoms with Crippen LogP contribution in [-0.4, -0.2) is 82.2 Å². The van der Waals surface area contributed by atoms with E-state index in [9.17, 15) is 33.9 Å². The van der Waals surface area contributed by atoms with Crippen LogP contribution < -0.4 is 33.2 Å². The van der Waals surface area contributed by atoms with Gasteiger partial charge in [-0.25, -0.2) is 4.79 Å². The molecule has 0 saturated heterocycles. The van der Waals surface area contributed by atoms with Crippen LogP contribution in [0.25, 0.3) is 0 Å². The molecule has 33 heavy (non-hydrogen) atoms. The SMILES string of the molecule is NCCCCC(N)C(=O)NC(CS)C(=O)NC(CC(=O)O)C(=O)NC(CCC(N)=O)C(=O)O. The second kappa shape index (κ2) is 15.8. The number of unbranched alkanes of at least 4 members (excludes halogenated alkanes) is 1. The van der Waals surface area contributed by atoms with Crippen molar-refractivity contribution >= 4 is 48.2 Å². The van der Waals surface area contributed by atoms with Crippen molar-refractivity contribution in [3.05, 3.63) is 0 Å². The van der Waals surface area contributed by atoms with Crippen LogP contribution in [0.1, 0.15) is 38.5 Å². The van der Waals surface area contributed by atoms with E-state index in [4.69, 9.17) is 22.3 Å². The van der Waals surface area contributed by atoms with Crippen molar-refractivity contribution in [1.82, 2.24) is 16.0 Å². The number of amides is 4. The summed E-state index contributed by atoms with van der Waals surface area (Å²) in [6, 6.07) is -5.35. The lowest BCUT2D eigenvalue weighted by Crippen LogP contribution is -2.58. The van der Waals surface area contributed by atoms with Gasteiger partial charge in [-0.3, -0.25) is 24.0 Å². The summed E-state index contributed by atoms with van der Waals surface area (Å²) in [6.07, 6.45) is 0.0554. The van der Waals surface area contributed by atoms with Gasteiger partial charge in [-0.1, -0.05) is 6.42 Å². The average Bonchev–Trinajstić information content (AvgIpc) is 2.73. The highest BCUT2D eigenvalue weighted by molar-refractivity contribution is 7.80.